The van der Waals surface area contributed by atoms with E-state index in [1.54, 1.807) is 0 Å². The zero-order valence-corrected chi connectivity index (χ0v) is 13.1. The highest BCUT2D eigenvalue weighted by molar-refractivity contribution is 5.87. The van der Waals surface area contributed by atoms with Crippen LogP contribution in [0.4, 0.5) is 0 Å². The SMILES string of the molecule is CC(C)C(C)C(=O)OCCCCCNC(=O)/C=C\NC=O. The molecule has 0 aromatic heterocycles. The van der Waals surface area contributed by atoms with Gasteiger partial charge in [0.15, 0.2) is 0 Å². The number of rotatable bonds is 11. The van der Waals surface area contributed by atoms with Gasteiger partial charge in [-0.1, -0.05) is 20.8 Å². The molecule has 0 aliphatic carbocycles. The molecule has 6 nitrogen and oxygen atoms in total. The zero-order valence-electron chi connectivity index (χ0n) is 13.1. The molecule has 0 fully saturated rings. The molecular weight excluding hydrogens is 272 g/mol. The maximum Gasteiger partial charge on any atom is 0.308 e. The van der Waals surface area contributed by atoms with E-state index in [4.69, 9.17) is 4.74 Å². The molecule has 0 rings (SSSR count). The molecule has 0 bridgehead atoms. The molecule has 1 unspecified atom stereocenters. The third-order valence-electron chi connectivity index (χ3n) is 3.14. The summed E-state index contributed by atoms with van der Waals surface area (Å²) in [6.45, 7) is 6.84. The first-order valence-electron chi connectivity index (χ1n) is 7.29. The smallest absolute Gasteiger partial charge is 0.308 e. The molecule has 0 saturated heterocycles. The molecule has 0 radical (unpaired) electrons. The lowest BCUT2D eigenvalue weighted by Crippen LogP contribution is -2.23. The number of hydrogen-bond acceptors (Lipinski definition) is 4. The van der Waals surface area contributed by atoms with Crippen molar-refractivity contribution in [2.45, 2.75) is 40.0 Å². The number of esters is 1. The Morgan fingerprint density at radius 2 is 1.86 bits per heavy atom. The standard InChI is InChI=1S/C15H26N2O4/c1-12(2)13(3)15(20)21-10-6-4-5-8-17-14(19)7-9-16-11-18/h7,9,11-13H,4-6,8,10H2,1-3H3,(H,16,18)(H,17,19)/b9-7-. The average molecular weight is 298 g/mol. The van der Waals surface area contributed by atoms with Crippen molar-refractivity contribution in [3.63, 3.8) is 0 Å². The third kappa shape index (κ3) is 10.6. The van der Waals surface area contributed by atoms with E-state index in [1.807, 2.05) is 20.8 Å². The van der Waals surface area contributed by atoms with Crippen LogP contribution >= 0.6 is 0 Å². The molecule has 6 heteroatoms. The van der Waals surface area contributed by atoms with E-state index in [2.05, 4.69) is 10.6 Å². The minimum Gasteiger partial charge on any atom is -0.465 e. The molecule has 0 saturated carbocycles. The zero-order chi connectivity index (χ0) is 16.1. The lowest BCUT2D eigenvalue weighted by atomic mass is 9.99. The van der Waals surface area contributed by atoms with Gasteiger partial charge in [0.05, 0.1) is 12.5 Å². The van der Waals surface area contributed by atoms with Crippen molar-refractivity contribution < 1.29 is 19.1 Å². The topological polar surface area (TPSA) is 84.5 Å². The number of amides is 2. The van der Waals surface area contributed by atoms with E-state index in [-0.39, 0.29) is 23.7 Å². The summed E-state index contributed by atoms with van der Waals surface area (Å²) in [7, 11) is 0. The quantitative estimate of drug-likeness (QED) is 0.261. The molecular formula is C15H26N2O4. The van der Waals surface area contributed by atoms with Crippen LogP contribution in [0.1, 0.15) is 40.0 Å². The predicted octanol–water partition coefficient (Wildman–Crippen LogP) is 1.37. The van der Waals surface area contributed by atoms with E-state index in [0.29, 0.717) is 19.6 Å². The van der Waals surface area contributed by atoms with Crippen LogP contribution in [0, 0.1) is 11.8 Å². The number of nitrogens with one attached hydrogen (secondary N) is 2. The molecule has 2 amide bonds. The van der Waals surface area contributed by atoms with Crippen LogP contribution < -0.4 is 10.6 Å². The van der Waals surface area contributed by atoms with Crippen LogP contribution in [0.2, 0.25) is 0 Å². The van der Waals surface area contributed by atoms with E-state index in [1.165, 1.54) is 12.3 Å². The van der Waals surface area contributed by atoms with E-state index in [0.717, 1.165) is 19.3 Å². The number of carbonyl (C=O) groups is 3. The number of hydrogen-bond donors (Lipinski definition) is 2. The predicted molar refractivity (Wildman–Crippen MR) is 80.2 cm³/mol. The molecule has 0 spiro atoms. The summed E-state index contributed by atoms with van der Waals surface area (Å²) in [5.41, 5.74) is 0. The first-order chi connectivity index (χ1) is 9.99. The highest BCUT2D eigenvalue weighted by Crippen LogP contribution is 2.11. The summed E-state index contributed by atoms with van der Waals surface area (Å²) in [6, 6.07) is 0. The normalized spacial score (nSPS) is 12.2. The number of ether oxygens (including phenoxy) is 1. The first-order valence-corrected chi connectivity index (χ1v) is 7.29. The summed E-state index contributed by atoms with van der Waals surface area (Å²) in [5, 5.41) is 4.94. The van der Waals surface area contributed by atoms with E-state index >= 15 is 0 Å². The second-order valence-electron chi connectivity index (χ2n) is 5.17. The van der Waals surface area contributed by atoms with Crippen LogP contribution in [-0.4, -0.2) is 31.4 Å². The minimum atomic E-state index is -0.249. The van der Waals surface area contributed by atoms with Crippen molar-refractivity contribution in [3.05, 3.63) is 12.3 Å². The lowest BCUT2D eigenvalue weighted by molar-refractivity contribution is -0.149. The molecule has 21 heavy (non-hydrogen) atoms. The van der Waals surface area contributed by atoms with Gasteiger partial charge in [0.2, 0.25) is 12.3 Å². The highest BCUT2D eigenvalue weighted by atomic mass is 16.5. The van der Waals surface area contributed by atoms with Crippen molar-refractivity contribution in [2.75, 3.05) is 13.2 Å². The van der Waals surface area contributed by atoms with Crippen LogP contribution in [0.3, 0.4) is 0 Å². The average Bonchev–Trinajstić information content (AvgIpc) is 2.45. The van der Waals surface area contributed by atoms with Gasteiger partial charge in [0, 0.05) is 18.8 Å². The Morgan fingerprint density at radius 3 is 2.48 bits per heavy atom. The van der Waals surface area contributed by atoms with Crippen LogP contribution in [0.25, 0.3) is 0 Å². The van der Waals surface area contributed by atoms with Gasteiger partial charge in [-0.3, -0.25) is 14.4 Å². The van der Waals surface area contributed by atoms with E-state index in [9.17, 15) is 14.4 Å². The molecule has 2 N–H and O–H groups in total. The van der Waals surface area contributed by atoms with Gasteiger partial charge >= 0.3 is 5.97 Å². The maximum absolute atomic E-state index is 11.6. The summed E-state index contributed by atoms with van der Waals surface area (Å²) in [6.07, 6.45) is 5.50. The van der Waals surface area contributed by atoms with Crippen molar-refractivity contribution in [3.8, 4) is 0 Å². The Morgan fingerprint density at radius 1 is 1.14 bits per heavy atom. The van der Waals surface area contributed by atoms with Crippen molar-refractivity contribution in [1.29, 1.82) is 0 Å². The van der Waals surface area contributed by atoms with Gasteiger partial charge in [-0.05, 0) is 25.2 Å². The summed E-state index contributed by atoms with van der Waals surface area (Å²) in [4.78, 5) is 32.7. The van der Waals surface area contributed by atoms with Gasteiger partial charge < -0.3 is 15.4 Å². The fourth-order valence-electron chi connectivity index (χ4n) is 1.41. The fourth-order valence-corrected chi connectivity index (χ4v) is 1.41. The Hall–Kier alpha value is -1.85. The Balaban J connectivity index is 3.50. The summed E-state index contributed by atoms with van der Waals surface area (Å²) in [5.74, 6) is -0.182. The lowest BCUT2D eigenvalue weighted by Gasteiger charge is -2.14. The Labute approximate surface area is 126 Å². The summed E-state index contributed by atoms with van der Waals surface area (Å²) < 4.78 is 5.18. The summed E-state index contributed by atoms with van der Waals surface area (Å²) >= 11 is 0. The Bertz CT molecular complexity index is 354. The van der Waals surface area contributed by atoms with Crippen molar-refractivity contribution >= 4 is 18.3 Å². The van der Waals surface area contributed by atoms with Crippen LogP contribution in [0.5, 0.6) is 0 Å². The maximum atomic E-state index is 11.6. The molecule has 120 valence electrons. The molecule has 1 atom stereocenters. The monoisotopic (exact) mass is 298 g/mol. The molecule has 0 aromatic carbocycles. The second kappa shape index (κ2) is 11.9. The first kappa shape index (κ1) is 19.1. The highest BCUT2D eigenvalue weighted by Gasteiger charge is 2.17. The van der Waals surface area contributed by atoms with Crippen molar-refractivity contribution in [2.24, 2.45) is 11.8 Å². The second-order valence-corrected chi connectivity index (χ2v) is 5.17. The van der Waals surface area contributed by atoms with Gasteiger partial charge in [-0.15, -0.1) is 0 Å². The molecule has 0 aliphatic heterocycles. The fraction of sp³-hybridized carbons (Fsp3) is 0.667. The van der Waals surface area contributed by atoms with Crippen LogP contribution in [0.15, 0.2) is 12.3 Å². The van der Waals surface area contributed by atoms with Crippen molar-refractivity contribution in [1.82, 2.24) is 10.6 Å². The van der Waals surface area contributed by atoms with Gasteiger partial charge in [0.1, 0.15) is 0 Å². The van der Waals surface area contributed by atoms with Gasteiger partial charge in [0.25, 0.3) is 0 Å². The van der Waals surface area contributed by atoms with Gasteiger partial charge in [-0.25, -0.2) is 0 Å². The largest absolute Gasteiger partial charge is 0.465 e. The molecule has 0 heterocycles. The molecule has 0 aromatic rings. The van der Waals surface area contributed by atoms with Gasteiger partial charge in [-0.2, -0.15) is 0 Å². The Kier molecular flexibility index (Phi) is 10.9. The number of carbonyl (C=O) groups excluding carboxylic acids is 3. The van der Waals surface area contributed by atoms with Crippen LogP contribution in [-0.2, 0) is 19.1 Å². The third-order valence-corrected chi connectivity index (χ3v) is 3.14. The molecule has 0 aliphatic rings. The minimum absolute atomic E-state index is 0.0731. The number of unbranched alkanes of at least 4 members (excludes halogenated alkanes) is 2. The van der Waals surface area contributed by atoms with E-state index < -0.39 is 0 Å².